The first-order valence-corrected chi connectivity index (χ1v) is 4.24. The molecule has 0 spiro atoms. The van der Waals surface area contributed by atoms with E-state index >= 15 is 0 Å². The Morgan fingerprint density at radius 1 is 1.50 bits per heavy atom. The predicted molar refractivity (Wildman–Crippen MR) is 50.5 cm³/mol. The van der Waals surface area contributed by atoms with E-state index in [1.165, 1.54) is 0 Å². The van der Waals surface area contributed by atoms with Gasteiger partial charge in [-0.05, 0) is 26.0 Å². The fraction of sp³-hybridized carbons (Fsp3) is 0.444. The molecule has 2 N–H and O–H groups in total. The second-order valence-electron chi connectivity index (χ2n) is 3.28. The Morgan fingerprint density at radius 3 is 3.17 bits per heavy atom. The summed E-state index contributed by atoms with van der Waals surface area (Å²) in [5, 5.41) is 6.64. The lowest BCUT2D eigenvalue weighted by molar-refractivity contribution is 0.806. The van der Waals surface area contributed by atoms with E-state index in [2.05, 4.69) is 28.6 Å². The van der Waals surface area contributed by atoms with Gasteiger partial charge in [-0.2, -0.15) is 0 Å². The van der Waals surface area contributed by atoms with Crippen LogP contribution in [0.5, 0.6) is 0 Å². The zero-order valence-corrected chi connectivity index (χ0v) is 7.39. The summed E-state index contributed by atoms with van der Waals surface area (Å²) >= 11 is 0. The molecule has 1 aliphatic heterocycles. The number of rotatable bonds is 0. The number of hydrogen-bond donors (Lipinski definition) is 2. The zero-order valence-electron chi connectivity index (χ0n) is 7.39. The largest absolute Gasteiger partial charge is 0.380 e. The molecule has 0 amide bonds. The van der Waals surface area contributed by atoms with Gasteiger partial charge in [0.15, 0.2) is 0 Å². The third kappa shape index (κ3) is 1.22. The lowest BCUT2D eigenvalue weighted by Crippen LogP contribution is -2.30. The summed E-state index contributed by atoms with van der Waals surface area (Å²) in [6.45, 7) is 5.11. The highest BCUT2D eigenvalue weighted by molar-refractivity contribution is 5.67. The molecule has 0 saturated heterocycles. The first-order chi connectivity index (χ1) is 5.75. The third-order valence-electron chi connectivity index (χ3n) is 2.02. The molecule has 64 valence electrons. The van der Waals surface area contributed by atoms with E-state index < -0.39 is 0 Å². The minimum absolute atomic E-state index is 0.465. The molecular weight excluding hydrogens is 150 g/mol. The average molecular weight is 163 g/mol. The monoisotopic (exact) mass is 163 g/mol. The van der Waals surface area contributed by atoms with Crippen LogP contribution in [-0.4, -0.2) is 17.6 Å². The third-order valence-corrected chi connectivity index (χ3v) is 2.02. The fourth-order valence-electron chi connectivity index (χ4n) is 1.36. The van der Waals surface area contributed by atoms with E-state index in [0.29, 0.717) is 6.04 Å². The summed E-state index contributed by atoms with van der Waals surface area (Å²) in [6, 6.07) is 4.55. The normalized spacial score (nSPS) is 20.7. The Morgan fingerprint density at radius 2 is 2.33 bits per heavy atom. The molecule has 0 radical (unpaired) electrons. The highest BCUT2D eigenvalue weighted by Gasteiger charge is 2.13. The minimum atomic E-state index is 0.465. The van der Waals surface area contributed by atoms with Crippen LogP contribution in [0.4, 0.5) is 11.5 Å². The molecule has 0 fully saturated rings. The maximum atomic E-state index is 4.39. The zero-order chi connectivity index (χ0) is 8.55. The molecule has 3 heteroatoms. The first-order valence-electron chi connectivity index (χ1n) is 4.24. The van der Waals surface area contributed by atoms with Gasteiger partial charge in [0.1, 0.15) is 5.82 Å². The molecule has 1 aliphatic rings. The molecule has 12 heavy (non-hydrogen) atoms. The van der Waals surface area contributed by atoms with Crippen LogP contribution >= 0.6 is 0 Å². The highest BCUT2D eigenvalue weighted by atomic mass is 15.1. The van der Waals surface area contributed by atoms with Gasteiger partial charge in [0, 0.05) is 18.3 Å². The summed E-state index contributed by atoms with van der Waals surface area (Å²) in [4.78, 5) is 4.39. The van der Waals surface area contributed by atoms with E-state index in [9.17, 15) is 0 Å². The van der Waals surface area contributed by atoms with Gasteiger partial charge in [-0.15, -0.1) is 0 Å². The standard InChI is InChI=1S/C9H13N3/c1-6-3-4-8-9(11-6)12-7(2)5-10-8/h3-4,7,10H,5H2,1-2H3,(H,11,12). The van der Waals surface area contributed by atoms with Crippen molar-refractivity contribution >= 4 is 11.5 Å². The Kier molecular flexibility index (Phi) is 1.64. The second-order valence-corrected chi connectivity index (χ2v) is 3.28. The molecule has 2 rings (SSSR count). The van der Waals surface area contributed by atoms with Crippen LogP contribution in [0.2, 0.25) is 0 Å². The number of nitrogens with zero attached hydrogens (tertiary/aromatic N) is 1. The lowest BCUT2D eigenvalue weighted by Gasteiger charge is -2.24. The van der Waals surface area contributed by atoms with Crippen molar-refractivity contribution in [3.63, 3.8) is 0 Å². The number of pyridine rings is 1. The van der Waals surface area contributed by atoms with Gasteiger partial charge in [0.25, 0.3) is 0 Å². The Labute approximate surface area is 72.2 Å². The van der Waals surface area contributed by atoms with Crippen molar-refractivity contribution in [3.8, 4) is 0 Å². The van der Waals surface area contributed by atoms with E-state index in [4.69, 9.17) is 0 Å². The number of nitrogens with one attached hydrogen (secondary N) is 2. The number of hydrogen-bond acceptors (Lipinski definition) is 3. The molecule has 1 unspecified atom stereocenters. The predicted octanol–water partition coefficient (Wildman–Crippen LogP) is 1.62. The van der Waals surface area contributed by atoms with Crippen molar-refractivity contribution in [2.45, 2.75) is 19.9 Å². The van der Waals surface area contributed by atoms with Crippen molar-refractivity contribution in [1.29, 1.82) is 0 Å². The fourth-order valence-corrected chi connectivity index (χ4v) is 1.36. The second kappa shape index (κ2) is 2.66. The van der Waals surface area contributed by atoms with Gasteiger partial charge in [-0.25, -0.2) is 4.98 Å². The van der Waals surface area contributed by atoms with Crippen LogP contribution in [0.15, 0.2) is 12.1 Å². The molecule has 1 aromatic heterocycles. The van der Waals surface area contributed by atoms with E-state index in [1.54, 1.807) is 0 Å². The van der Waals surface area contributed by atoms with Crippen molar-refractivity contribution in [3.05, 3.63) is 17.8 Å². The quantitative estimate of drug-likeness (QED) is 0.610. The summed E-state index contributed by atoms with van der Waals surface area (Å²) in [6.07, 6.45) is 0. The molecule has 2 heterocycles. The van der Waals surface area contributed by atoms with Gasteiger partial charge in [0.05, 0.1) is 5.69 Å². The number of fused-ring (bicyclic) bond motifs is 1. The molecule has 0 bridgehead atoms. The van der Waals surface area contributed by atoms with Crippen LogP contribution in [-0.2, 0) is 0 Å². The molecule has 0 saturated carbocycles. The lowest BCUT2D eigenvalue weighted by atomic mass is 10.2. The summed E-state index contributed by atoms with van der Waals surface area (Å²) in [5.74, 6) is 0.980. The van der Waals surface area contributed by atoms with E-state index in [1.807, 2.05) is 13.0 Å². The smallest absolute Gasteiger partial charge is 0.149 e. The van der Waals surface area contributed by atoms with Crippen LogP contribution in [0.1, 0.15) is 12.6 Å². The number of anilines is 2. The Hall–Kier alpha value is -1.25. The van der Waals surface area contributed by atoms with Crippen molar-refractivity contribution in [2.24, 2.45) is 0 Å². The maximum absolute atomic E-state index is 4.39. The molecule has 1 atom stereocenters. The molecule has 0 aromatic carbocycles. The summed E-state index contributed by atoms with van der Waals surface area (Å²) < 4.78 is 0. The van der Waals surface area contributed by atoms with Gasteiger partial charge in [-0.1, -0.05) is 0 Å². The number of aromatic nitrogens is 1. The van der Waals surface area contributed by atoms with Gasteiger partial charge in [-0.3, -0.25) is 0 Å². The van der Waals surface area contributed by atoms with Crippen LogP contribution in [0.25, 0.3) is 0 Å². The van der Waals surface area contributed by atoms with Gasteiger partial charge >= 0.3 is 0 Å². The van der Waals surface area contributed by atoms with Gasteiger partial charge < -0.3 is 10.6 Å². The minimum Gasteiger partial charge on any atom is -0.380 e. The molecule has 0 aliphatic carbocycles. The SMILES string of the molecule is Cc1ccc2c(n1)NC(C)CN2. The van der Waals surface area contributed by atoms with Crippen molar-refractivity contribution < 1.29 is 0 Å². The highest BCUT2D eigenvalue weighted by Crippen LogP contribution is 2.23. The van der Waals surface area contributed by atoms with E-state index in [0.717, 1.165) is 23.7 Å². The van der Waals surface area contributed by atoms with Crippen molar-refractivity contribution in [1.82, 2.24) is 4.98 Å². The van der Waals surface area contributed by atoms with Crippen LogP contribution in [0.3, 0.4) is 0 Å². The van der Waals surface area contributed by atoms with Crippen LogP contribution in [0, 0.1) is 6.92 Å². The summed E-state index contributed by atoms with van der Waals surface area (Å²) in [5.41, 5.74) is 2.16. The van der Waals surface area contributed by atoms with Gasteiger partial charge in [0.2, 0.25) is 0 Å². The summed E-state index contributed by atoms with van der Waals surface area (Å²) in [7, 11) is 0. The first kappa shape index (κ1) is 7.40. The Bertz CT molecular complexity index is 296. The molecular formula is C9H13N3. The molecule has 3 nitrogen and oxygen atoms in total. The maximum Gasteiger partial charge on any atom is 0.149 e. The van der Waals surface area contributed by atoms with Crippen LogP contribution < -0.4 is 10.6 Å². The Balaban J connectivity index is 2.37. The molecule has 1 aromatic rings. The van der Waals surface area contributed by atoms with E-state index in [-0.39, 0.29) is 0 Å². The van der Waals surface area contributed by atoms with Crippen molar-refractivity contribution in [2.75, 3.05) is 17.2 Å². The topological polar surface area (TPSA) is 37.0 Å². The number of aryl methyl sites for hydroxylation is 1. The average Bonchev–Trinajstić information content (AvgIpc) is 2.03.